The summed E-state index contributed by atoms with van der Waals surface area (Å²) in [7, 11) is -4.44. The second kappa shape index (κ2) is 5.03. The van der Waals surface area contributed by atoms with E-state index in [0.717, 1.165) is 6.07 Å². The minimum atomic E-state index is -4.77. The van der Waals surface area contributed by atoms with Crippen molar-refractivity contribution in [3.05, 3.63) is 42.2 Å². The number of primary sulfonamides is 1. The van der Waals surface area contributed by atoms with Gasteiger partial charge in [0.2, 0.25) is 0 Å². The molecule has 0 saturated heterocycles. The molecule has 0 unspecified atom stereocenters. The van der Waals surface area contributed by atoms with Crippen LogP contribution in [0.2, 0.25) is 0 Å². The van der Waals surface area contributed by atoms with E-state index in [-0.39, 0.29) is 5.56 Å². The number of H-pyrrole nitrogens is 1. The lowest BCUT2D eigenvalue weighted by atomic mass is 10.1. The number of alkyl halides is 3. The van der Waals surface area contributed by atoms with E-state index in [1.807, 2.05) is 0 Å². The van der Waals surface area contributed by atoms with Crippen LogP contribution in [0.4, 0.5) is 13.2 Å². The van der Waals surface area contributed by atoms with E-state index in [2.05, 4.69) is 15.2 Å². The third-order valence-corrected chi connectivity index (χ3v) is 4.02. The molecule has 0 radical (unpaired) electrons. The molecule has 3 N–H and O–H groups in total. The van der Waals surface area contributed by atoms with Crippen molar-refractivity contribution in [2.45, 2.75) is 11.2 Å². The molecule has 2 heterocycles. The number of nitrogens with one attached hydrogen (secondary N) is 1. The number of fused-ring (bicyclic) bond motifs is 1. The van der Waals surface area contributed by atoms with Crippen LogP contribution >= 0.6 is 0 Å². The molecule has 3 aromatic rings. The highest BCUT2D eigenvalue weighted by Crippen LogP contribution is 2.33. The predicted molar refractivity (Wildman–Crippen MR) is 75.7 cm³/mol. The molecule has 0 bridgehead atoms. The molecule has 0 spiro atoms. The zero-order valence-corrected chi connectivity index (χ0v) is 12.1. The number of rotatable bonds is 2. The van der Waals surface area contributed by atoms with E-state index < -0.39 is 26.9 Å². The van der Waals surface area contributed by atoms with Crippen LogP contribution in [-0.4, -0.2) is 23.6 Å². The van der Waals surface area contributed by atoms with Gasteiger partial charge in [-0.25, -0.2) is 18.5 Å². The first kappa shape index (κ1) is 15.4. The molecular formula is C13H9F3N4O2S. The van der Waals surface area contributed by atoms with Gasteiger partial charge >= 0.3 is 6.18 Å². The molecule has 3 rings (SSSR count). The highest BCUT2D eigenvalue weighted by Gasteiger charge is 2.34. The lowest BCUT2D eigenvalue weighted by molar-refractivity contribution is -0.141. The number of pyridine rings is 1. The molecule has 120 valence electrons. The van der Waals surface area contributed by atoms with Crippen molar-refractivity contribution in [1.29, 1.82) is 0 Å². The van der Waals surface area contributed by atoms with Crippen molar-refractivity contribution in [2.75, 3.05) is 0 Å². The summed E-state index contributed by atoms with van der Waals surface area (Å²) in [5.74, 6) is 0. The molecule has 0 amide bonds. The van der Waals surface area contributed by atoms with E-state index in [0.29, 0.717) is 22.5 Å². The Morgan fingerprint density at radius 2 is 1.87 bits per heavy atom. The first-order valence-electron chi connectivity index (χ1n) is 6.21. The van der Waals surface area contributed by atoms with Crippen LogP contribution in [0.3, 0.4) is 0 Å². The molecule has 0 saturated carbocycles. The van der Waals surface area contributed by atoms with Gasteiger partial charge in [-0.2, -0.15) is 18.3 Å². The molecule has 10 heteroatoms. The van der Waals surface area contributed by atoms with Crippen LogP contribution in [0.5, 0.6) is 0 Å². The Morgan fingerprint density at radius 3 is 2.52 bits per heavy atom. The largest absolute Gasteiger partial charge is 0.433 e. The number of aromatic nitrogens is 3. The van der Waals surface area contributed by atoms with Gasteiger partial charge in [0.05, 0.1) is 11.7 Å². The maximum absolute atomic E-state index is 12.7. The molecule has 1 aromatic carbocycles. The van der Waals surface area contributed by atoms with E-state index in [1.54, 1.807) is 18.2 Å². The van der Waals surface area contributed by atoms with Gasteiger partial charge in [0.15, 0.2) is 5.03 Å². The summed E-state index contributed by atoms with van der Waals surface area (Å²) in [6.07, 6.45) is -3.26. The number of nitrogens with zero attached hydrogens (tertiary/aromatic N) is 2. The Labute approximate surface area is 128 Å². The Bertz CT molecular complexity index is 996. The Balaban J connectivity index is 2.25. The van der Waals surface area contributed by atoms with E-state index in [9.17, 15) is 21.6 Å². The maximum atomic E-state index is 12.7. The normalized spacial score (nSPS) is 12.7. The third kappa shape index (κ3) is 2.90. The van der Waals surface area contributed by atoms with Crippen molar-refractivity contribution in [2.24, 2.45) is 5.14 Å². The molecule has 23 heavy (non-hydrogen) atoms. The highest BCUT2D eigenvalue weighted by atomic mass is 32.2. The van der Waals surface area contributed by atoms with E-state index >= 15 is 0 Å². The zero-order chi connectivity index (χ0) is 16.8. The molecule has 2 aromatic heterocycles. The molecule has 0 aliphatic carbocycles. The number of aromatic amines is 1. The standard InChI is InChI=1S/C13H9F3N4O2S/c14-13(15,16)11-4-2-9(12(19-11)23(17,21)22)7-1-3-10-8(5-7)6-18-20-10/h1-6H,(H,18,20)(H2,17,21,22). The van der Waals surface area contributed by atoms with Crippen molar-refractivity contribution in [1.82, 2.24) is 15.2 Å². The number of benzene rings is 1. The molecule has 6 nitrogen and oxygen atoms in total. The predicted octanol–water partition coefficient (Wildman–Crippen LogP) is 2.29. The van der Waals surface area contributed by atoms with Crippen LogP contribution in [0.15, 0.2) is 41.6 Å². The summed E-state index contributed by atoms with van der Waals surface area (Å²) in [5, 5.41) is 11.4. The number of nitrogens with two attached hydrogens (primary N) is 1. The SMILES string of the molecule is NS(=O)(=O)c1nc(C(F)(F)F)ccc1-c1ccc2[nH]ncc2c1. The lowest BCUT2D eigenvalue weighted by Crippen LogP contribution is -2.18. The van der Waals surface area contributed by atoms with Crippen molar-refractivity contribution >= 4 is 20.9 Å². The highest BCUT2D eigenvalue weighted by molar-refractivity contribution is 7.89. The maximum Gasteiger partial charge on any atom is 0.433 e. The molecule has 0 atom stereocenters. The van der Waals surface area contributed by atoms with Gasteiger partial charge in [-0.05, 0) is 29.8 Å². The Kier molecular flexibility index (Phi) is 3.38. The summed E-state index contributed by atoms with van der Waals surface area (Å²) in [6, 6.07) is 6.50. The summed E-state index contributed by atoms with van der Waals surface area (Å²) in [4.78, 5) is 3.20. The third-order valence-electron chi connectivity index (χ3n) is 3.17. The zero-order valence-electron chi connectivity index (χ0n) is 11.3. The van der Waals surface area contributed by atoms with Crippen LogP contribution in [0.25, 0.3) is 22.0 Å². The van der Waals surface area contributed by atoms with Gasteiger partial charge < -0.3 is 0 Å². The van der Waals surface area contributed by atoms with Crippen molar-refractivity contribution < 1.29 is 21.6 Å². The van der Waals surface area contributed by atoms with E-state index in [4.69, 9.17) is 5.14 Å². The first-order chi connectivity index (χ1) is 10.7. The van der Waals surface area contributed by atoms with Crippen LogP contribution in [-0.2, 0) is 16.2 Å². The summed E-state index contributed by atoms with van der Waals surface area (Å²) in [6.45, 7) is 0. The van der Waals surface area contributed by atoms with Gasteiger partial charge in [-0.1, -0.05) is 6.07 Å². The minimum Gasteiger partial charge on any atom is -0.278 e. The molecule has 0 fully saturated rings. The van der Waals surface area contributed by atoms with Crippen molar-refractivity contribution in [3.63, 3.8) is 0 Å². The number of hydrogen-bond acceptors (Lipinski definition) is 4. The van der Waals surface area contributed by atoms with Gasteiger partial charge in [-0.15, -0.1) is 0 Å². The minimum absolute atomic E-state index is 0.0106. The average molecular weight is 342 g/mol. The van der Waals surface area contributed by atoms with Crippen LogP contribution in [0, 0.1) is 0 Å². The van der Waals surface area contributed by atoms with E-state index in [1.165, 1.54) is 6.20 Å². The fourth-order valence-corrected chi connectivity index (χ4v) is 2.86. The molecule has 0 aliphatic heterocycles. The Hall–Kier alpha value is -2.46. The Morgan fingerprint density at radius 1 is 1.13 bits per heavy atom. The summed E-state index contributed by atoms with van der Waals surface area (Å²) in [5.41, 5.74) is -0.270. The first-order valence-corrected chi connectivity index (χ1v) is 7.75. The quantitative estimate of drug-likeness (QED) is 0.746. The second-order valence-electron chi connectivity index (χ2n) is 4.76. The topological polar surface area (TPSA) is 102 Å². The van der Waals surface area contributed by atoms with Gasteiger partial charge in [0, 0.05) is 10.9 Å². The fraction of sp³-hybridized carbons (Fsp3) is 0.0769. The summed E-state index contributed by atoms with van der Waals surface area (Å²) < 4.78 is 61.5. The van der Waals surface area contributed by atoms with Crippen LogP contribution in [0.1, 0.15) is 5.69 Å². The lowest BCUT2D eigenvalue weighted by Gasteiger charge is -2.11. The number of hydrogen-bond donors (Lipinski definition) is 2. The van der Waals surface area contributed by atoms with Crippen LogP contribution < -0.4 is 5.14 Å². The number of sulfonamides is 1. The van der Waals surface area contributed by atoms with Gasteiger partial charge in [-0.3, -0.25) is 5.10 Å². The monoisotopic (exact) mass is 342 g/mol. The molecular weight excluding hydrogens is 333 g/mol. The average Bonchev–Trinajstić information content (AvgIpc) is 2.92. The van der Waals surface area contributed by atoms with Crippen molar-refractivity contribution in [3.8, 4) is 11.1 Å². The number of halogens is 3. The molecule has 0 aliphatic rings. The summed E-state index contributed by atoms with van der Waals surface area (Å²) >= 11 is 0. The fourth-order valence-electron chi connectivity index (χ4n) is 2.15. The second-order valence-corrected chi connectivity index (χ2v) is 6.24. The van der Waals surface area contributed by atoms with Gasteiger partial charge in [0.1, 0.15) is 5.69 Å². The smallest absolute Gasteiger partial charge is 0.278 e. The van der Waals surface area contributed by atoms with Gasteiger partial charge in [0.25, 0.3) is 10.0 Å².